The summed E-state index contributed by atoms with van der Waals surface area (Å²) in [6.45, 7) is 2.69. The fourth-order valence-corrected chi connectivity index (χ4v) is 1.84. The van der Waals surface area contributed by atoms with Crippen molar-refractivity contribution in [3.05, 3.63) is 6.20 Å². The lowest BCUT2D eigenvalue weighted by Crippen LogP contribution is -2.23. The van der Waals surface area contributed by atoms with Gasteiger partial charge in [-0.15, -0.1) is 0 Å². The predicted molar refractivity (Wildman–Crippen MR) is 59.7 cm³/mol. The Balaban J connectivity index is 1.84. The maximum absolute atomic E-state index is 5.79. The van der Waals surface area contributed by atoms with E-state index in [4.69, 9.17) is 10.5 Å². The van der Waals surface area contributed by atoms with E-state index in [1.54, 1.807) is 4.68 Å². The van der Waals surface area contributed by atoms with Gasteiger partial charge in [-0.2, -0.15) is 5.10 Å². The molecule has 0 atom stereocenters. The Hall–Kier alpha value is -1.23. The molecule has 2 heterocycles. The van der Waals surface area contributed by atoms with Crippen LogP contribution in [0.4, 0.5) is 11.5 Å². The van der Waals surface area contributed by atoms with E-state index in [1.807, 2.05) is 13.2 Å². The summed E-state index contributed by atoms with van der Waals surface area (Å²) < 4.78 is 7.03. The van der Waals surface area contributed by atoms with Gasteiger partial charge < -0.3 is 15.8 Å². The molecule has 0 saturated carbocycles. The number of nitrogen functional groups attached to an aromatic ring is 1. The molecular formula is C10H18N4O. The normalized spacial score (nSPS) is 17.9. The second-order valence-electron chi connectivity index (χ2n) is 4.04. The molecule has 84 valence electrons. The topological polar surface area (TPSA) is 65.1 Å². The minimum atomic E-state index is 0.681. The lowest BCUT2D eigenvalue weighted by molar-refractivity contribution is 0.0699. The van der Waals surface area contributed by atoms with Crippen LogP contribution in [0.1, 0.15) is 12.8 Å². The molecule has 0 radical (unpaired) electrons. The number of ether oxygens (including phenoxy) is 1. The van der Waals surface area contributed by atoms with Crippen molar-refractivity contribution in [2.75, 3.05) is 30.8 Å². The van der Waals surface area contributed by atoms with Crippen molar-refractivity contribution in [2.24, 2.45) is 13.0 Å². The van der Waals surface area contributed by atoms with Crippen molar-refractivity contribution in [1.29, 1.82) is 0 Å². The Morgan fingerprint density at radius 1 is 1.60 bits per heavy atom. The summed E-state index contributed by atoms with van der Waals surface area (Å²) >= 11 is 0. The number of hydrogen-bond donors (Lipinski definition) is 2. The molecule has 15 heavy (non-hydrogen) atoms. The average Bonchev–Trinajstić information content (AvgIpc) is 2.56. The van der Waals surface area contributed by atoms with Gasteiger partial charge in [-0.25, -0.2) is 0 Å². The summed E-state index contributed by atoms with van der Waals surface area (Å²) in [4.78, 5) is 0. The number of aromatic nitrogens is 2. The van der Waals surface area contributed by atoms with Gasteiger partial charge in [0.05, 0.1) is 5.69 Å². The summed E-state index contributed by atoms with van der Waals surface area (Å²) in [5.41, 5.74) is 6.50. The van der Waals surface area contributed by atoms with Crippen LogP contribution in [0.25, 0.3) is 0 Å². The Labute approximate surface area is 89.6 Å². The van der Waals surface area contributed by atoms with Crippen LogP contribution in [0.15, 0.2) is 6.20 Å². The van der Waals surface area contributed by atoms with Crippen molar-refractivity contribution in [1.82, 2.24) is 9.78 Å². The number of nitrogens with two attached hydrogens (primary N) is 1. The number of hydrogen-bond acceptors (Lipinski definition) is 4. The summed E-state index contributed by atoms with van der Waals surface area (Å²) in [6, 6.07) is 0. The van der Waals surface area contributed by atoms with Crippen LogP contribution >= 0.6 is 0 Å². The first-order valence-electron chi connectivity index (χ1n) is 5.36. The van der Waals surface area contributed by atoms with Crippen LogP contribution in [0, 0.1) is 5.92 Å². The minimum Gasteiger partial charge on any atom is -0.394 e. The Bertz CT molecular complexity index is 317. The number of anilines is 2. The zero-order chi connectivity index (χ0) is 10.7. The highest BCUT2D eigenvalue weighted by atomic mass is 16.5. The Morgan fingerprint density at radius 2 is 2.33 bits per heavy atom. The van der Waals surface area contributed by atoms with Crippen LogP contribution in [-0.4, -0.2) is 29.5 Å². The highest BCUT2D eigenvalue weighted by Crippen LogP contribution is 2.18. The van der Waals surface area contributed by atoms with E-state index in [0.717, 1.165) is 38.4 Å². The van der Waals surface area contributed by atoms with E-state index in [0.29, 0.717) is 11.6 Å². The monoisotopic (exact) mass is 210 g/mol. The van der Waals surface area contributed by atoms with E-state index in [2.05, 4.69) is 10.4 Å². The SMILES string of the molecule is Cn1cc(N)c(NCC2CCOCC2)n1. The van der Waals surface area contributed by atoms with E-state index in [-0.39, 0.29) is 0 Å². The van der Waals surface area contributed by atoms with Gasteiger partial charge in [0.25, 0.3) is 0 Å². The van der Waals surface area contributed by atoms with Crippen molar-refractivity contribution >= 4 is 11.5 Å². The molecule has 1 aliphatic heterocycles. The van der Waals surface area contributed by atoms with E-state index < -0.39 is 0 Å². The second-order valence-corrected chi connectivity index (χ2v) is 4.04. The number of rotatable bonds is 3. The highest BCUT2D eigenvalue weighted by Gasteiger charge is 2.14. The average molecular weight is 210 g/mol. The molecule has 1 aromatic heterocycles. The first-order chi connectivity index (χ1) is 7.25. The molecule has 0 amide bonds. The van der Waals surface area contributed by atoms with Crippen LogP contribution in [0.2, 0.25) is 0 Å². The number of aryl methyl sites for hydroxylation is 1. The van der Waals surface area contributed by atoms with Gasteiger partial charge in [-0.1, -0.05) is 0 Å². The predicted octanol–water partition coefficient (Wildman–Crippen LogP) is 0.841. The van der Waals surface area contributed by atoms with Gasteiger partial charge in [0.1, 0.15) is 0 Å². The third-order valence-corrected chi connectivity index (χ3v) is 2.76. The van der Waals surface area contributed by atoms with Gasteiger partial charge in [0.2, 0.25) is 0 Å². The smallest absolute Gasteiger partial charge is 0.171 e. The molecule has 5 nitrogen and oxygen atoms in total. The van der Waals surface area contributed by atoms with Gasteiger partial charge in [0, 0.05) is 33.0 Å². The zero-order valence-electron chi connectivity index (χ0n) is 9.07. The first-order valence-corrected chi connectivity index (χ1v) is 5.36. The number of nitrogens with zero attached hydrogens (tertiary/aromatic N) is 2. The fourth-order valence-electron chi connectivity index (χ4n) is 1.84. The van der Waals surface area contributed by atoms with E-state index in [9.17, 15) is 0 Å². The molecule has 3 N–H and O–H groups in total. The van der Waals surface area contributed by atoms with Gasteiger partial charge >= 0.3 is 0 Å². The van der Waals surface area contributed by atoms with Crippen molar-refractivity contribution in [3.8, 4) is 0 Å². The molecule has 0 spiro atoms. The minimum absolute atomic E-state index is 0.681. The van der Waals surface area contributed by atoms with Crippen molar-refractivity contribution in [3.63, 3.8) is 0 Å². The maximum atomic E-state index is 5.79. The van der Waals surface area contributed by atoms with E-state index in [1.165, 1.54) is 0 Å². The zero-order valence-corrected chi connectivity index (χ0v) is 9.07. The van der Waals surface area contributed by atoms with Crippen molar-refractivity contribution < 1.29 is 4.74 Å². The third-order valence-electron chi connectivity index (χ3n) is 2.76. The molecular weight excluding hydrogens is 192 g/mol. The molecule has 0 unspecified atom stereocenters. The Morgan fingerprint density at radius 3 is 2.93 bits per heavy atom. The van der Waals surface area contributed by atoms with Gasteiger partial charge in [0.15, 0.2) is 5.82 Å². The third kappa shape index (κ3) is 2.62. The van der Waals surface area contributed by atoms with Crippen LogP contribution in [-0.2, 0) is 11.8 Å². The summed E-state index contributed by atoms with van der Waals surface area (Å²) in [6.07, 6.45) is 4.06. The molecule has 1 saturated heterocycles. The molecule has 0 bridgehead atoms. The molecule has 1 fully saturated rings. The fraction of sp³-hybridized carbons (Fsp3) is 0.700. The second kappa shape index (κ2) is 4.53. The van der Waals surface area contributed by atoms with Crippen LogP contribution in [0.3, 0.4) is 0 Å². The maximum Gasteiger partial charge on any atom is 0.171 e. The highest BCUT2D eigenvalue weighted by molar-refractivity contribution is 5.59. The molecule has 2 rings (SSSR count). The standard InChI is InChI=1S/C10H18N4O/c1-14-7-9(11)10(13-14)12-6-8-2-4-15-5-3-8/h7-8H,2-6,11H2,1H3,(H,12,13). The van der Waals surface area contributed by atoms with E-state index >= 15 is 0 Å². The molecule has 5 heteroatoms. The van der Waals surface area contributed by atoms with Gasteiger partial charge in [-0.3, -0.25) is 4.68 Å². The lowest BCUT2D eigenvalue weighted by atomic mass is 10.0. The Kier molecular flexibility index (Phi) is 3.11. The van der Waals surface area contributed by atoms with Gasteiger partial charge in [-0.05, 0) is 18.8 Å². The van der Waals surface area contributed by atoms with Crippen LogP contribution < -0.4 is 11.1 Å². The molecule has 1 aliphatic rings. The number of nitrogens with one attached hydrogen (secondary N) is 1. The summed E-state index contributed by atoms with van der Waals surface area (Å²) in [5.74, 6) is 1.48. The van der Waals surface area contributed by atoms with Crippen molar-refractivity contribution in [2.45, 2.75) is 12.8 Å². The first kappa shape index (κ1) is 10.3. The van der Waals surface area contributed by atoms with Crippen LogP contribution in [0.5, 0.6) is 0 Å². The largest absolute Gasteiger partial charge is 0.394 e. The summed E-state index contributed by atoms with van der Waals surface area (Å²) in [5, 5.41) is 7.53. The lowest BCUT2D eigenvalue weighted by Gasteiger charge is -2.22. The summed E-state index contributed by atoms with van der Waals surface area (Å²) in [7, 11) is 1.87. The molecule has 0 aliphatic carbocycles. The molecule has 0 aromatic carbocycles. The quantitative estimate of drug-likeness (QED) is 0.776. The molecule has 1 aromatic rings.